The summed E-state index contributed by atoms with van der Waals surface area (Å²) in [6.07, 6.45) is 0. The Balaban J connectivity index is 1.63. The van der Waals surface area contributed by atoms with E-state index in [2.05, 4.69) is 20.2 Å². The lowest BCUT2D eigenvalue weighted by Crippen LogP contribution is -2.54. The van der Waals surface area contributed by atoms with Gasteiger partial charge < -0.3 is 15.1 Å². The number of halogens is 2. The second-order valence-electron chi connectivity index (χ2n) is 8.09. The summed E-state index contributed by atoms with van der Waals surface area (Å²) in [6.45, 7) is 8.46. The van der Waals surface area contributed by atoms with Crippen LogP contribution in [-0.4, -0.2) is 64.7 Å². The number of piperazine rings is 1. The number of carbonyl (C=O) groups is 2. The molecule has 10 heteroatoms. The van der Waals surface area contributed by atoms with E-state index in [0.29, 0.717) is 58.8 Å². The fraction of sp³-hybridized carbons (Fsp3) is 0.455. The Bertz CT molecular complexity index is 975. The molecule has 1 atom stereocenters. The predicted octanol–water partition coefficient (Wildman–Crippen LogP) is 4.00. The molecule has 0 spiro atoms. The molecule has 32 heavy (non-hydrogen) atoms. The number of hydrogen-bond donors (Lipinski definition) is 1. The summed E-state index contributed by atoms with van der Waals surface area (Å²) in [7, 11) is 0. The van der Waals surface area contributed by atoms with Crippen molar-refractivity contribution in [1.82, 2.24) is 20.2 Å². The molecule has 1 aliphatic rings. The molecule has 1 unspecified atom stereocenters. The van der Waals surface area contributed by atoms with Gasteiger partial charge in [-0.15, -0.1) is 0 Å². The summed E-state index contributed by atoms with van der Waals surface area (Å²) in [5.41, 5.74) is 0.508. The van der Waals surface area contributed by atoms with Crippen LogP contribution < -0.4 is 10.2 Å². The third kappa shape index (κ3) is 6.49. The van der Waals surface area contributed by atoms with Crippen LogP contribution in [0.25, 0.3) is 0 Å². The van der Waals surface area contributed by atoms with Gasteiger partial charge in [0.25, 0.3) is 5.91 Å². The van der Waals surface area contributed by atoms with Gasteiger partial charge in [-0.3, -0.25) is 9.59 Å². The van der Waals surface area contributed by atoms with Gasteiger partial charge in [0.2, 0.25) is 5.91 Å². The maximum Gasteiger partial charge on any atom is 0.255 e. The van der Waals surface area contributed by atoms with Crippen LogP contribution >= 0.6 is 35.0 Å². The Morgan fingerprint density at radius 3 is 2.66 bits per heavy atom. The largest absolute Gasteiger partial charge is 0.355 e. The average molecular weight is 496 g/mol. The Hall–Kier alpha value is -2.03. The van der Waals surface area contributed by atoms with E-state index in [9.17, 15) is 9.59 Å². The van der Waals surface area contributed by atoms with Crippen LogP contribution in [0.5, 0.6) is 0 Å². The molecule has 1 saturated heterocycles. The maximum atomic E-state index is 13.0. The van der Waals surface area contributed by atoms with Crippen molar-refractivity contribution in [2.24, 2.45) is 5.92 Å². The number of carbonyl (C=O) groups excluding carboxylic acids is 2. The van der Waals surface area contributed by atoms with E-state index in [1.165, 1.54) is 11.8 Å². The van der Waals surface area contributed by atoms with Gasteiger partial charge in [0.15, 0.2) is 5.16 Å². The first-order valence-electron chi connectivity index (χ1n) is 10.5. The maximum absolute atomic E-state index is 13.0. The molecular weight excluding hydrogens is 469 g/mol. The zero-order valence-corrected chi connectivity index (χ0v) is 20.7. The van der Waals surface area contributed by atoms with Crippen LogP contribution in [-0.2, 0) is 4.79 Å². The van der Waals surface area contributed by atoms with Gasteiger partial charge in [-0.05, 0) is 25.0 Å². The number of thioether (sulfide) groups is 1. The second-order valence-corrected chi connectivity index (χ2v) is 9.83. The topological polar surface area (TPSA) is 78.4 Å². The summed E-state index contributed by atoms with van der Waals surface area (Å²) < 4.78 is 0. The van der Waals surface area contributed by atoms with E-state index >= 15 is 0 Å². The van der Waals surface area contributed by atoms with Crippen molar-refractivity contribution in [3.05, 3.63) is 46.1 Å². The highest BCUT2D eigenvalue weighted by atomic mass is 35.5. The number of hydrogen-bond acceptors (Lipinski definition) is 6. The molecule has 2 heterocycles. The molecule has 172 valence electrons. The Morgan fingerprint density at radius 2 is 1.97 bits per heavy atom. The normalized spacial score (nSPS) is 16.4. The van der Waals surface area contributed by atoms with Crippen LogP contribution in [0.3, 0.4) is 0 Å². The van der Waals surface area contributed by atoms with Crippen LogP contribution in [0.2, 0.25) is 10.2 Å². The molecule has 1 aromatic carbocycles. The van der Waals surface area contributed by atoms with Crippen molar-refractivity contribution in [3.8, 4) is 0 Å². The van der Waals surface area contributed by atoms with E-state index in [1.54, 1.807) is 18.2 Å². The lowest BCUT2D eigenvalue weighted by atomic mass is 10.1. The fourth-order valence-corrected chi connectivity index (χ4v) is 4.50. The van der Waals surface area contributed by atoms with Crippen molar-refractivity contribution in [2.45, 2.75) is 32.0 Å². The van der Waals surface area contributed by atoms with E-state index in [-0.39, 0.29) is 23.6 Å². The third-order valence-corrected chi connectivity index (χ3v) is 6.39. The quantitative estimate of drug-likeness (QED) is 0.355. The van der Waals surface area contributed by atoms with Crippen molar-refractivity contribution >= 4 is 52.6 Å². The number of rotatable bonds is 7. The smallest absolute Gasteiger partial charge is 0.255 e. The Labute approximate surface area is 202 Å². The Morgan fingerprint density at radius 1 is 1.22 bits per heavy atom. The van der Waals surface area contributed by atoms with Gasteiger partial charge in [0.05, 0.1) is 16.3 Å². The highest BCUT2D eigenvalue weighted by Gasteiger charge is 2.30. The van der Waals surface area contributed by atoms with Crippen LogP contribution in [0.4, 0.5) is 5.82 Å². The van der Waals surface area contributed by atoms with E-state index in [1.807, 2.05) is 37.8 Å². The molecule has 1 fully saturated rings. The number of nitrogens with zero attached hydrogens (tertiary/aromatic N) is 4. The second kappa shape index (κ2) is 11.2. The summed E-state index contributed by atoms with van der Waals surface area (Å²) in [4.78, 5) is 37.7. The highest BCUT2D eigenvalue weighted by molar-refractivity contribution is 7.99. The molecule has 0 aliphatic carbocycles. The van der Waals surface area contributed by atoms with Gasteiger partial charge in [-0.2, -0.15) is 0 Å². The number of anilines is 1. The summed E-state index contributed by atoms with van der Waals surface area (Å²) in [6, 6.07) is 8.76. The molecule has 1 aromatic heterocycles. The average Bonchev–Trinajstić information content (AvgIpc) is 2.75. The predicted molar refractivity (Wildman–Crippen MR) is 130 cm³/mol. The van der Waals surface area contributed by atoms with Crippen molar-refractivity contribution in [3.63, 3.8) is 0 Å². The standard InChI is InChI=1S/C22H27Cl2N5O2S/c1-14(2)11-25-20(30)13-32-22-26-18(24)10-19(27-22)28-8-9-29(15(3)12-28)21(31)16-6-4-5-7-17(16)23/h4-7,10,14-15H,8-9,11-13H2,1-3H3,(H,25,30). The molecule has 2 aromatic rings. The first-order chi connectivity index (χ1) is 15.2. The van der Waals surface area contributed by atoms with Gasteiger partial charge >= 0.3 is 0 Å². The fourth-order valence-electron chi connectivity index (χ4n) is 3.37. The van der Waals surface area contributed by atoms with Gasteiger partial charge in [0.1, 0.15) is 11.0 Å². The monoisotopic (exact) mass is 495 g/mol. The van der Waals surface area contributed by atoms with Gasteiger partial charge in [-0.1, -0.05) is 60.9 Å². The van der Waals surface area contributed by atoms with Crippen molar-refractivity contribution < 1.29 is 9.59 Å². The molecule has 0 radical (unpaired) electrons. The van der Waals surface area contributed by atoms with E-state index in [4.69, 9.17) is 23.2 Å². The lowest BCUT2D eigenvalue weighted by molar-refractivity contribution is -0.118. The van der Waals surface area contributed by atoms with Crippen molar-refractivity contribution in [1.29, 1.82) is 0 Å². The minimum absolute atomic E-state index is 0.0424. The van der Waals surface area contributed by atoms with Crippen LogP contribution in [0, 0.1) is 5.92 Å². The highest BCUT2D eigenvalue weighted by Crippen LogP contribution is 2.25. The molecule has 0 bridgehead atoms. The number of nitrogens with one attached hydrogen (secondary N) is 1. The van der Waals surface area contributed by atoms with E-state index in [0.717, 1.165) is 0 Å². The molecule has 3 rings (SSSR count). The SMILES string of the molecule is CC(C)CNC(=O)CSc1nc(Cl)cc(N2CCN(C(=O)c3ccccc3Cl)C(C)C2)n1. The molecule has 1 aliphatic heterocycles. The molecular formula is C22H27Cl2N5O2S. The lowest BCUT2D eigenvalue weighted by Gasteiger charge is -2.40. The Kier molecular flexibility index (Phi) is 8.62. The zero-order valence-electron chi connectivity index (χ0n) is 18.3. The minimum Gasteiger partial charge on any atom is -0.355 e. The summed E-state index contributed by atoms with van der Waals surface area (Å²) in [5.74, 6) is 1.17. The molecule has 1 N–H and O–H groups in total. The molecule has 2 amide bonds. The molecule has 0 saturated carbocycles. The molecule has 7 nitrogen and oxygen atoms in total. The van der Waals surface area contributed by atoms with Gasteiger partial charge in [0, 0.05) is 38.3 Å². The zero-order chi connectivity index (χ0) is 23.3. The first-order valence-corrected chi connectivity index (χ1v) is 12.2. The van der Waals surface area contributed by atoms with E-state index < -0.39 is 0 Å². The minimum atomic E-state index is -0.0767. The van der Waals surface area contributed by atoms with Crippen molar-refractivity contribution in [2.75, 3.05) is 36.8 Å². The first kappa shape index (κ1) is 24.6. The summed E-state index contributed by atoms with van der Waals surface area (Å²) >= 11 is 13.7. The summed E-state index contributed by atoms with van der Waals surface area (Å²) in [5, 5.41) is 4.11. The number of benzene rings is 1. The van der Waals surface area contributed by atoms with Crippen LogP contribution in [0.1, 0.15) is 31.1 Å². The number of amides is 2. The van der Waals surface area contributed by atoms with Crippen LogP contribution in [0.15, 0.2) is 35.5 Å². The number of aromatic nitrogens is 2. The third-order valence-electron chi connectivity index (χ3n) is 5.02. The van der Waals surface area contributed by atoms with Gasteiger partial charge in [-0.25, -0.2) is 9.97 Å².